The normalized spacial score (nSPS) is 10.9. The molecule has 3 heterocycles. The highest BCUT2D eigenvalue weighted by Crippen LogP contribution is 2.28. The van der Waals surface area contributed by atoms with Crippen LogP contribution in [-0.2, 0) is 13.7 Å². The van der Waals surface area contributed by atoms with Crippen LogP contribution in [0.15, 0.2) is 41.2 Å². The molecule has 0 aliphatic rings. The molecule has 3 aromatic heterocycles. The molecule has 0 saturated carbocycles. The summed E-state index contributed by atoms with van der Waals surface area (Å²) >= 11 is 2.80. The van der Waals surface area contributed by atoms with Crippen molar-refractivity contribution in [2.24, 2.45) is 7.05 Å². The zero-order valence-corrected chi connectivity index (χ0v) is 18.9. The molecule has 4 aromatic rings. The predicted octanol–water partition coefficient (Wildman–Crippen LogP) is 5.36. The van der Waals surface area contributed by atoms with E-state index in [0.29, 0.717) is 16.6 Å². The van der Waals surface area contributed by atoms with Crippen molar-refractivity contribution in [3.8, 4) is 17.0 Å². The highest BCUT2D eigenvalue weighted by Gasteiger charge is 2.15. The molecule has 0 atom stereocenters. The molecule has 8 heteroatoms. The fourth-order valence-corrected chi connectivity index (χ4v) is 4.46. The van der Waals surface area contributed by atoms with E-state index >= 15 is 0 Å². The molecular formula is C22H22N4O2S2. The van der Waals surface area contributed by atoms with Crippen LogP contribution in [-0.4, -0.2) is 20.7 Å². The second kappa shape index (κ2) is 8.41. The Kier molecular flexibility index (Phi) is 5.69. The highest BCUT2D eigenvalue weighted by atomic mass is 32.1. The maximum absolute atomic E-state index is 12.6. The number of carbonyl (C=O) groups is 1. The number of ether oxygens (including phenoxy) is 1. The third-order valence-electron chi connectivity index (χ3n) is 4.85. The van der Waals surface area contributed by atoms with Crippen LogP contribution in [0.5, 0.6) is 5.75 Å². The third kappa shape index (κ3) is 4.29. The largest absolute Gasteiger partial charge is 0.489 e. The number of anilines is 1. The molecule has 0 aliphatic carbocycles. The van der Waals surface area contributed by atoms with E-state index in [9.17, 15) is 4.79 Å². The van der Waals surface area contributed by atoms with E-state index in [2.05, 4.69) is 21.5 Å². The van der Waals surface area contributed by atoms with Gasteiger partial charge in [0.25, 0.3) is 5.91 Å². The fraction of sp³-hybridized carbons (Fsp3) is 0.227. The number of benzene rings is 1. The van der Waals surface area contributed by atoms with Gasteiger partial charge in [0, 0.05) is 29.2 Å². The van der Waals surface area contributed by atoms with Gasteiger partial charge in [0.2, 0.25) is 0 Å². The van der Waals surface area contributed by atoms with Gasteiger partial charge in [0.15, 0.2) is 5.13 Å². The van der Waals surface area contributed by atoms with Gasteiger partial charge in [0.05, 0.1) is 16.8 Å². The number of nitrogens with zero attached hydrogens (tertiary/aromatic N) is 3. The maximum Gasteiger partial charge on any atom is 0.267 e. The lowest BCUT2D eigenvalue weighted by Crippen LogP contribution is -2.10. The summed E-state index contributed by atoms with van der Waals surface area (Å²) in [6.07, 6.45) is 1.79. The number of rotatable bonds is 6. The maximum atomic E-state index is 12.6. The van der Waals surface area contributed by atoms with E-state index < -0.39 is 0 Å². The first-order valence-electron chi connectivity index (χ1n) is 9.44. The standard InChI is InChI=1S/C22H22N4O2S2/c1-13-5-6-14(2)19(7-13)28-10-16-8-20(29-11-16)21(27)25-22-24-18(12-30-22)17-9-23-26(4)15(17)3/h5-9,11-12H,10H2,1-4H3,(H,24,25,27). The average Bonchev–Trinajstić information content (AvgIpc) is 3.44. The van der Waals surface area contributed by atoms with Crippen molar-refractivity contribution in [1.82, 2.24) is 14.8 Å². The minimum atomic E-state index is -0.165. The average molecular weight is 439 g/mol. The van der Waals surface area contributed by atoms with Crippen LogP contribution in [0.3, 0.4) is 0 Å². The third-order valence-corrected chi connectivity index (χ3v) is 6.59. The van der Waals surface area contributed by atoms with E-state index in [1.165, 1.54) is 22.7 Å². The molecule has 6 nitrogen and oxygen atoms in total. The van der Waals surface area contributed by atoms with Gasteiger partial charge in [-0.25, -0.2) is 4.98 Å². The zero-order valence-electron chi connectivity index (χ0n) is 17.2. The first-order valence-corrected chi connectivity index (χ1v) is 11.2. The molecule has 0 radical (unpaired) electrons. The van der Waals surface area contributed by atoms with Crippen molar-refractivity contribution in [1.29, 1.82) is 0 Å². The number of hydrogen-bond donors (Lipinski definition) is 1. The Morgan fingerprint density at radius 1 is 1.17 bits per heavy atom. The smallest absolute Gasteiger partial charge is 0.267 e. The molecule has 0 spiro atoms. The summed E-state index contributed by atoms with van der Waals surface area (Å²) in [5.74, 6) is 0.704. The van der Waals surface area contributed by atoms with Crippen LogP contribution in [0.4, 0.5) is 5.13 Å². The number of hydrogen-bond acceptors (Lipinski definition) is 6. The second-order valence-corrected chi connectivity index (χ2v) is 8.91. The van der Waals surface area contributed by atoms with Crippen LogP contribution in [0.1, 0.15) is 32.1 Å². The number of thiophene rings is 1. The van der Waals surface area contributed by atoms with Crippen molar-refractivity contribution in [3.63, 3.8) is 0 Å². The van der Waals surface area contributed by atoms with Gasteiger partial charge < -0.3 is 4.74 Å². The summed E-state index contributed by atoms with van der Waals surface area (Å²) in [5, 5.41) is 11.6. The SMILES string of the molecule is Cc1ccc(C)c(OCc2csc(C(=O)Nc3nc(-c4cnn(C)c4C)cs3)c2)c1. The van der Waals surface area contributed by atoms with Crippen molar-refractivity contribution < 1.29 is 9.53 Å². The molecule has 4 rings (SSSR count). The van der Waals surface area contributed by atoms with Gasteiger partial charge in [0.1, 0.15) is 12.4 Å². The summed E-state index contributed by atoms with van der Waals surface area (Å²) in [7, 11) is 1.90. The first-order chi connectivity index (χ1) is 14.4. The van der Waals surface area contributed by atoms with Crippen molar-refractivity contribution in [3.05, 3.63) is 68.5 Å². The van der Waals surface area contributed by atoms with Crippen molar-refractivity contribution in [2.75, 3.05) is 5.32 Å². The molecule has 0 aliphatic heterocycles. The Bertz CT molecular complexity index is 1210. The Morgan fingerprint density at radius 2 is 2.00 bits per heavy atom. The molecule has 1 N–H and O–H groups in total. The van der Waals surface area contributed by atoms with E-state index in [0.717, 1.165) is 39.4 Å². The monoisotopic (exact) mass is 438 g/mol. The van der Waals surface area contributed by atoms with Crippen LogP contribution >= 0.6 is 22.7 Å². The molecular weight excluding hydrogens is 416 g/mol. The topological polar surface area (TPSA) is 69.0 Å². The first kappa shape index (κ1) is 20.3. The molecule has 0 saturated heterocycles. The molecule has 1 amide bonds. The molecule has 30 heavy (non-hydrogen) atoms. The van der Waals surface area contributed by atoms with Crippen LogP contribution in [0.2, 0.25) is 0 Å². The van der Waals surface area contributed by atoms with Gasteiger partial charge in [-0.15, -0.1) is 22.7 Å². The summed E-state index contributed by atoms with van der Waals surface area (Å²) < 4.78 is 7.74. The summed E-state index contributed by atoms with van der Waals surface area (Å²) in [5.41, 5.74) is 6.04. The predicted molar refractivity (Wildman–Crippen MR) is 122 cm³/mol. The van der Waals surface area contributed by atoms with Crippen molar-refractivity contribution >= 4 is 33.7 Å². The minimum absolute atomic E-state index is 0.165. The number of carbonyl (C=O) groups excluding carboxylic acids is 1. The van der Waals surface area contributed by atoms with E-state index in [1.54, 1.807) is 10.9 Å². The van der Waals surface area contributed by atoms with Gasteiger partial charge in [-0.05, 0) is 49.4 Å². The Morgan fingerprint density at radius 3 is 2.77 bits per heavy atom. The molecule has 0 fully saturated rings. The zero-order chi connectivity index (χ0) is 21.3. The lowest BCUT2D eigenvalue weighted by atomic mass is 10.1. The van der Waals surface area contributed by atoms with Gasteiger partial charge in [-0.1, -0.05) is 12.1 Å². The number of amides is 1. The summed E-state index contributed by atoms with van der Waals surface area (Å²) in [6.45, 7) is 6.48. The molecule has 1 aromatic carbocycles. The summed E-state index contributed by atoms with van der Waals surface area (Å²) in [6, 6.07) is 8.01. The minimum Gasteiger partial charge on any atom is -0.489 e. The Hall–Kier alpha value is -2.97. The number of aryl methyl sites for hydroxylation is 3. The molecule has 0 unspecified atom stereocenters. The molecule has 0 bridgehead atoms. The lowest BCUT2D eigenvalue weighted by Gasteiger charge is -2.08. The number of aromatic nitrogens is 3. The lowest BCUT2D eigenvalue weighted by molar-refractivity contribution is 0.103. The van der Waals surface area contributed by atoms with Gasteiger partial charge in [-0.3, -0.25) is 14.8 Å². The molecule has 154 valence electrons. The Labute approximate surface area is 183 Å². The quantitative estimate of drug-likeness (QED) is 0.440. The van der Waals surface area contributed by atoms with E-state index in [4.69, 9.17) is 4.74 Å². The van der Waals surface area contributed by atoms with E-state index in [1.807, 2.05) is 56.8 Å². The summed E-state index contributed by atoms with van der Waals surface area (Å²) in [4.78, 5) is 17.8. The van der Waals surface area contributed by atoms with Gasteiger partial charge >= 0.3 is 0 Å². The number of thiazole rings is 1. The van der Waals surface area contributed by atoms with Crippen LogP contribution < -0.4 is 10.1 Å². The number of nitrogens with one attached hydrogen (secondary N) is 1. The van der Waals surface area contributed by atoms with Gasteiger partial charge in [-0.2, -0.15) is 5.10 Å². The fourth-order valence-electron chi connectivity index (χ4n) is 2.96. The van der Waals surface area contributed by atoms with Crippen molar-refractivity contribution in [2.45, 2.75) is 27.4 Å². The second-order valence-electron chi connectivity index (χ2n) is 7.14. The highest BCUT2D eigenvalue weighted by molar-refractivity contribution is 7.14. The van der Waals surface area contributed by atoms with Crippen LogP contribution in [0, 0.1) is 20.8 Å². The van der Waals surface area contributed by atoms with E-state index in [-0.39, 0.29) is 5.91 Å². The van der Waals surface area contributed by atoms with Crippen LogP contribution in [0.25, 0.3) is 11.3 Å². The Balaban J connectivity index is 1.40.